The molecule has 1 aliphatic rings. The molecule has 1 heterocycles. The van der Waals surface area contributed by atoms with Crippen LogP contribution in [0.5, 0.6) is 0 Å². The van der Waals surface area contributed by atoms with Crippen LogP contribution in [0, 0.1) is 13.8 Å². The van der Waals surface area contributed by atoms with Crippen molar-refractivity contribution in [1.29, 1.82) is 0 Å². The largest absolute Gasteiger partial charge is 0.327 e. The summed E-state index contributed by atoms with van der Waals surface area (Å²) in [6.07, 6.45) is 0. The summed E-state index contributed by atoms with van der Waals surface area (Å²) in [7, 11) is 0. The van der Waals surface area contributed by atoms with Crippen LogP contribution in [-0.4, -0.2) is 49.4 Å². The minimum atomic E-state index is 0.0291. The van der Waals surface area contributed by atoms with Crippen LogP contribution in [0.1, 0.15) is 46.8 Å². The van der Waals surface area contributed by atoms with Crippen LogP contribution in [-0.2, 0) is 4.79 Å². The van der Waals surface area contributed by atoms with Gasteiger partial charge in [-0.3, -0.25) is 9.59 Å². The maximum Gasteiger partial charge on any atom is 0.279 e. The van der Waals surface area contributed by atoms with Gasteiger partial charge in [-0.05, 0) is 48.6 Å². The molecule has 0 aliphatic carbocycles. The van der Waals surface area contributed by atoms with Crippen molar-refractivity contribution in [1.82, 2.24) is 4.90 Å². The molecule has 3 rings (SSSR count). The Morgan fingerprint density at radius 1 is 1.00 bits per heavy atom. The zero-order valence-electron chi connectivity index (χ0n) is 17.9. The van der Waals surface area contributed by atoms with Gasteiger partial charge in [0.15, 0.2) is 6.54 Å². The number of anilines is 1. The summed E-state index contributed by atoms with van der Waals surface area (Å²) in [5, 5.41) is 3.06. The number of benzene rings is 2. The van der Waals surface area contributed by atoms with Gasteiger partial charge in [-0.25, -0.2) is 0 Å². The Kier molecular flexibility index (Phi) is 6.70. The zero-order valence-corrected chi connectivity index (χ0v) is 17.9. The van der Waals surface area contributed by atoms with E-state index in [0.717, 1.165) is 35.5 Å². The van der Waals surface area contributed by atoms with E-state index in [9.17, 15) is 9.59 Å². The number of carbonyl (C=O) groups is 2. The van der Waals surface area contributed by atoms with E-state index in [0.29, 0.717) is 25.6 Å². The summed E-state index contributed by atoms with van der Waals surface area (Å²) in [5.74, 6) is 0.571. The standard InChI is InChI=1S/C24H31N3O2/c1-17(2)20-8-10-21(11-9-20)24(29)27-14-12-26(13-15-27)16-22(28)25-23-18(3)6-5-7-19(23)4/h5-11,17H,12-16H2,1-4H3,(H,25,28)/p+1. The molecule has 0 atom stereocenters. The molecule has 29 heavy (non-hydrogen) atoms. The van der Waals surface area contributed by atoms with Crippen molar-refractivity contribution in [2.45, 2.75) is 33.6 Å². The molecule has 1 aliphatic heterocycles. The first-order chi connectivity index (χ1) is 13.8. The van der Waals surface area contributed by atoms with Crippen molar-refractivity contribution in [3.05, 3.63) is 64.7 Å². The monoisotopic (exact) mass is 394 g/mol. The first-order valence-electron chi connectivity index (χ1n) is 10.4. The van der Waals surface area contributed by atoms with Crippen molar-refractivity contribution >= 4 is 17.5 Å². The Bertz CT molecular complexity index is 846. The lowest BCUT2D eigenvalue weighted by molar-refractivity contribution is -0.895. The molecule has 0 unspecified atom stereocenters. The molecule has 154 valence electrons. The summed E-state index contributed by atoms with van der Waals surface area (Å²) >= 11 is 0. The van der Waals surface area contributed by atoms with Crippen LogP contribution >= 0.6 is 0 Å². The molecule has 0 saturated carbocycles. The Labute approximate surface area is 173 Å². The van der Waals surface area contributed by atoms with Gasteiger partial charge >= 0.3 is 0 Å². The van der Waals surface area contributed by atoms with E-state index in [1.54, 1.807) is 0 Å². The van der Waals surface area contributed by atoms with Crippen LogP contribution < -0.4 is 10.2 Å². The number of piperazine rings is 1. The predicted molar refractivity (Wildman–Crippen MR) is 117 cm³/mol. The average molecular weight is 395 g/mol. The lowest BCUT2D eigenvalue weighted by Gasteiger charge is -2.32. The van der Waals surface area contributed by atoms with E-state index in [-0.39, 0.29) is 11.8 Å². The highest BCUT2D eigenvalue weighted by atomic mass is 16.2. The number of para-hydroxylation sites is 1. The third kappa shape index (κ3) is 5.24. The molecular formula is C24H32N3O2+. The second-order valence-corrected chi connectivity index (χ2v) is 8.31. The predicted octanol–water partition coefficient (Wildman–Crippen LogP) is 2.41. The maximum absolute atomic E-state index is 12.8. The normalized spacial score (nSPS) is 14.9. The molecule has 2 aromatic rings. The quantitative estimate of drug-likeness (QED) is 0.818. The van der Waals surface area contributed by atoms with Crippen molar-refractivity contribution in [3.63, 3.8) is 0 Å². The van der Waals surface area contributed by atoms with Crippen molar-refractivity contribution < 1.29 is 14.5 Å². The third-order valence-electron chi connectivity index (χ3n) is 5.74. The van der Waals surface area contributed by atoms with Crippen LogP contribution in [0.3, 0.4) is 0 Å². The highest BCUT2D eigenvalue weighted by Gasteiger charge is 2.26. The summed E-state index contributed by atoms with van der Waals surface area (Å²) in [6.45, 7) is 11.7. The SMILES string of the molecule is Cc1cccc(C)c1NC(=O)C[NH+]1CCN(C(=O)c2ccc(C(C)C)cc2)CC1. The highest BCUT2D eigenvalue weighted by Crippen LogP contribution is 2.19. The summed E-state index contributed by atoms with van der Waals surface area (Å²) in [6, 6.07) is 13.9. The molecule has 0 spiro atoms. The van der Waals surface area contributed by atoms with Crippen LogP contribution in [0.2, 0.25) is 0 Å². The lowest BCUT2D eigenvalue weighted by atomic mass is 10.0. The Hall–Kier alpha value is -2.66. The van der Waals surface area contributed by atoms with Crippen molar-refractivity contribution in [3.8, 4) is 0 Å². The Morgan fingerprint density at radius 3 is 2.14 bits per heavy atom. The molecule has 1 fully saturated rings. The fraction of sp³-hybridized carbons (Fsp3) is 0.417. The molecule has 2 N–H and O–H groups in total. The van der Waals surface area contributed by atoms with E-state index in [1.165, 1.54) is 10.5 Å². The zero-order chi connectivity index (χ0) is 21.0. The number of quaternary nitrogens is 1. The van der Waals surface area contributed by atoms with E-state index in [1.807, 2.05) is 61.2 Å². The number of hydrogen-bond donors (Lipinski definition) is 2. The topological polar surface area (TPSA) is 53.9 Å². The lowest BCUT2D eigenvalue weighted by Crippen LogP contribution is -3.15. The molecular weight excluding hydrogens is 362 g/mol. The Morgan fingerprint density at radius 2 is 1.59 bits per heavy atom. The fourth-order valence-corrected chi connectivity index (χ4v) is 3.82. The van der Waals surface area contributed by atoms with Gasteiger partial charge in [0.1, 0.15) is 0 Å². The number of aryl methyl sites for hydroxylation is 2. The van der Waals surface area contributed by atoms with E-state index < -0.39 is 0 Å². The smallest absolute Gasteiger partial charge is 0.279 e. The van der Waals surface area contributed by atoms with E-state index in [4.69, 9.17) is 0 Å². The summed E-state index contributed by atoms with van der Waals surface area (Å²) in [5.41, 5.74) is 5.05. The molecule has 0 bridgehead atoms. The minimum Gasteiger partial charge on any atom is -0.327 e. The second-order valence-electron chi connectivity index (χ2n) is 8.31. The minimum absolute atomic E-state index is 0.0291. The fourth-order valence-electron chi connectivity index (χ4n) is 3.82. The number of hydrogen-bond acceptors (Lipinski definition) is 2. The van der Waals surface area contributed by atoms with E-state index in [2.05, 4.69) is 19.2 Å². The number of nitrogens with one attached hydrogen (secondary N) is 2. The second kappa shape index (κ2) is 9.23. The van der Waals surface area contributed by atoms with Gasteiger partial charge in [-0.1, -0.05) is 44.2 Å². The first-order valence-corrected chi connectivity index (χ1v) is 10.4. The highest BCUT2D eigenvalue weighted by molar-refractivity contribution is 5.94. The first kappa shape index (κ1) is 21.1. The van der Waals surface area contributed by atoms with Gasteiger partial charge in [0.05, 0.1) is 26.2 Å². The van der Waals surface area contributed by atoms with Crippen molar-refractivity contribution in [2.75, 3.05) is 38.0 Å². The maximum atomic E-state index is 12.8. The van der Waals surface area contributed by atoms with Gasteiger partial charge in [-0.15, -0.1) is 0 Å². The van der Waals surface area contributed by atoms with Gasteiger partial charge in [0.25, 0.3) is 11.8 Å². The van der Waals surface area contributed by atoms with Gasteiger partial charge in [-0.2, -0.15) is 0 Å². The number of amides is 2. The van der Waals surface area contributed by atoms with Gasteiger partial charge in [0.2, 0.25) is 0 Å². The van der Waals surface area contributed by atoms with Crippen LogP contribution in [0.25, 0.3) is 0 Å². The number of rotatable bonds is 5. The van der Waals surface area contributed by atoms with Gasteiger partial charge in [0, 0.05) is 11.3 Å². The molecule has 5 heteroatoms. The molecule has 2 aromatic carbocycles. The van der Waals surface area contributed by atoms with Crippen LogP contribution in [0.4, 0.5) is 5.69 Å². The molecule has 1 saturated heterocycles. The summed E-state index contributed by atoms with van der Waals surface area (Å²) < 4.78 is 0. The summed E-state index contributed by atoms with van der Waals surface area (Å²) in [4.78, 5) is 28.4. The number of carbonyl (C=O) groups excluding carboxylic acids is 2. The molecule has 0 radical (unpaired) electrons. The Balaban J connectivity index is 1.51. The average Bonchev–Trinajstić information content (AvgIpc) is 2.71. The van der Waals surface area contributed by atoms with Crippen molar-refractivity contribution in [2.24, 2.45) is 0 Å². The third-order valence-corrected chi connectivity index (χ3v) is 5.74. The van der Waals surface area contributed by atoms with E-state index >= 15 is 0 Å². The molecule has 0 aromatic heterocycles. The molecule has 5 nitrogen and oxygen atoms in total. The van der Waals surface area contributed by atoms with Crippen LogP contribution in [0.15, 0.2) is 42.5 Å². The molecule has 2 amide bonds. The number of nitrogens with zero attached hydrogens (tertiary/aromatic N) is 1. The van der Waals surface area contributed by atoms with Gasteiger partial charge < -0.3 is 15.1 Å².